The maximum absolute atomic E-state index is 13.7. The summed E-state index contributed by atoms with van der Waals surface area (Å²) in [6.07, 6.45) is 0.925. The standard InChI is InChI=1S/C12H16FNO4S2/c1-9(2)8-14(3)20(17,18)12-7-10(19(4,15)16)5-6-11(12)13/h5-7H,1,8H2,2-4H3. The minimum absolute atomic E-state index is 0.0187. The number of halogens is 1. The van der Waals surface area contributed by atoms with Crippen molar-refractivity contribution in [3.05, 3.63) is 36.2 Å². The van der Waals surface area contributed by atoms with Crippen LogP contribution < -0.4 is 0 Å². The summed E-state index contributed by atoms with van der Waals surface area (Å²) < 4.78 is 61.9. The third-order valence-corrected chi connectivity index (χ3v) is 5.44. The van der Waals surface area contributed by atoms with Gasteiger partial charge >= 0.3 is 0 Å². The monoisotopic (exact) mass is 321 g/mol. The van der Waals surface area contributed by atoms with Crippen LogP contribution in [0.5, 0.6) is 0 Å². The molecule has 5 nitrogen and oxygen atoms in total. The van der Waals surface area contributed by atoms with Crippen LogP contribution in [-0.4, -0.2) is 41.0 Å². The first-order valence-electron chi connectivity index (χ1n) is 5.56. The lowest BCUT2D eigenvalue weighted by molar-refractivity contribution is 0.483. The van der Waals surface area contributed by atoms with Crippen LogP contribution in [-0.2, 0) is 19.9 Å². The van der Waals surface area contributed by atoms with Crippen molar-refractivity contribution in [2.24, 2.45) is 0 Å². The molecule has 0 heterocycles. The van der Waals surface area contributed by atoms with E-state index in [0.717, 1.165) is 28.8 Å². The smallest absolute Gasteiger partial charge is 0.224 e. The number of likely N-dealkylation sites (N-methyl/N-ethyl adjacent to an activating group) is 1. The summed E-state index contributed by atoms with van der Waals surface area (Å²) in [6, 6.07) is 2.69. The second-order valence-electron chi connectivity index (χ2n) is 4.58. The molecule has 0 saturated carbocycles. The molecule has 0 atom stereocenters. The molecule has 0 aromatic heterocycles. The van der Waals surface area contributed by atoms with Gasteiger partial charge in [-0.3, -0.25) is 0 Å². The molecule has 0 aliphatic carbocycles. The van der Waals surface area contributed by atoms with Crippen LogP contribution in [0.15, 0.2) is 40.1 Å². The molecule has 112 valence electrons. The Bertz CT molecular complexity index is 739. The Morgan fingerprint density at radius 1 is 1.30 bits per heavy atom. The number of sulfone groups is 1. The molecule has 0 fully saturated rings. The largest absolute Gasteiger partial charge is 0.246 e. The van der Waals surface area contributed by atoms with Gasteiger partial charge in [-0.1, -0.05) is 12.2 Å². The topological polar surface area (TPSA) is 71.5 Å². The average molecular weight is 321 g/mol. The summed E-state index contributed by atoms with van der Waals surface area (Å²) in [5.74, 6) is -0.994. The van der Waals surface area contributed by atoms with Gasteiger partial charge in [-0.05, 0) is 25.1 Å². The highest BCUT2D eigenvalue weighted by Gasteiger charge is 2.26. The Morgan fingerprint density at radius 2 is 1.85 bits per heavy atom. The number of rotatable bonds is 5. The SMILES string of the molecule is C=C(C)CN(C)S(=O)(=O)c1cc(S(C)(=O)=O)ccc1F. The average Bonchev–Trinajstić information content (AvgIpc) is 2.26. The zero-order chi connectivity index (χ0) is 15.7. The molecule has 1 aromatic rings. The number of hydrogen-bond acceptors (Lipinski definition) is 4. The number of sulfonamides is 1. The van der Waals surface area contributed by atoms with Crippen molar-refractivity contribution < 1.29 is 21.2 Å². The van der Waals surface area contributed by atoms with Gasteiger partial charge in [0.25, 0.3) is 0 Å². The molecule has 0 amide bonds. The van der Waals surface area contributed by atoms with E-state index in [1.54, 1.807) is 6.92 Å². The number of benzene rings is 1. The second kappa shape index (κ2) is 5.63. The molecule has 0 radical (unpaired) electrons. The molecular weight excluding hydrogens is 305 g/mol. The molecule has 20 heavy (non-hydrogen) atoms. The van der Waals surface area contributed by atoms with E-state index in [9.17, 15) is 21.2 Å². The maximum atomic E-state index is 13.7. The van der Waals surface area contributed by atoms with Crippen molar-refractivity contribution in [3.63, 3.8) is 0 Å². The molecule has 1 aromatic carbocycles. The molecule has 0 saturated heterocycles. The fourth-order valence-corrected chi connectivity index (χ4v) is 3.58. The van der Waals surface area contributed by atoms with Crippen molar-refractivity contribution in [1.82, 2.24) is 4.31 Å². The normalized spacial score (nSPS) is 12.7. The van der Waals surface area contributed by atoms with Crippen molar-refractivity contribution in [2.75, 3.05) is 19.8 Å². The molecule has 0 spiro atoms. The van der Waals surface area contributed by atoms with Crippen LogP contribution in [0.1, 0.15) is 6.92 Å². The summed E-state index contributed by atoms with van der Waals surface area (Å²) in [4.78, 5) is -0.912. The summed E-state index contributed by atoms with van der Waals surface area (Å²) in [5, 5.41) is 0. The summed E-state index contributed by atoms with van der Waals surface area (Å²) in [7, 11) is -6.46. The van der Waals surface area contributed by atoms with E-state index in [4.69, 9.17) is 0 Å². The molecule has 8 heteroatoms. The number of nitrogens with zero attached hydrogens (tertiary/aromatic N) is 1. The lowest BCUT2D eigenvalue weighted by atomic mass is 10.3. The summed E-state index contributed by atoms with van der Waals surface area (Å²) in [5.41, 5.74) is 0.579. The summed E-state index contributed by atoms with van der Waals surface area (Å²) >= 11 is 0. The van der Waals surface area contributed by atoms with Gasteiger partial charge in [-0.15, -0.1) is 0 Å². The minimum Gasteiger partial charge on any atom is -0.224 e. The van der Waals surface area contributed by atoms with Crippen LogP contribution in [0.2, 0.25) is 0 Å². The van der Waals surface area contributed by atoms with E-state index in [2.05, 4.69) is 6.58 Å². The molecule has 0 unspecified atom stereocenters. The van der Waals surface area contributed by atoms with Crippen LogP contribution in [0, 0.1) is 5.82 Å². The zero-order valence-electron chi connectivity index (χ0n) is 11.4. The van der Waals surface area contributed by atoms with Gasteiger partial charge in [0.05, 0.1) is 4.90 Å². The molecule has 0 aliphatic heterocycles. The van der Waals surface area contributed by atoms with E-state index in [1.807, 2.05) is 0 Å². The highest BCUT2D eigenvalue weighted by molar-refractivity contribution is 7.91. The third kappa shape index (κ3) is 3.65. The maximum Gasteiger partial charge on any atom is 0.246 e. The fourth-order valence-electron chi connectivity index (χ4n) is 1.54. The Kier molecular flexibility index (Phi) is 4.73. The Balaban J connectivity index is 3.42. The zero-order valence-corrected chi connectivity index (χ0v) is 13.1. The van der Waals surface area contributed by atoms with Gasteiger partial charge in [0, 0.05) is 19.8 Å². The highest BCUT2D eigenvalue weighted by Crippen LogP contribution is 2.22. The van der Waals surface area contributed by atoms with Gasteiger partial charge in [-0.25, -0.2) is 21.2 Å². The van der Waals surface area contributed by atoms with E-state index >= 15 is 0 Å². The van der Waals surface area contributed by atoms with Gasteiger partial charge in [0.15, 0.2) is 9.84 Å². The molecule has 0 bridgehead atoms. The van der Waals surface area contributed by atoms with Crippen molar-refractivity contribution in [1.29, 1.82) is 0 Å². The van der Waals surface area contributed by atoms with Crippen molar-refractivity contribution in [2.45, 2.75) is 16.7 Å². The van der Waals surface area contributed by atoms with Crippen LogP contribution in [0.25, 0.3) is 0 Å². The Morgan fingerprint density at radius 3 is 2.30 bits per heavy atom. The first-order valence-corrected chi connectivity index (χ1v) is 8.89. The first kappa shape index (κ1) is 16.8. The first-order chi connectivity index (χ1) is 8.96. The van der Waals surface area contributed by atoms with Crippen LogP contribution >= 0.6 is 0 Å². The lowest BCUT2D eigenvalue weighted by Gasteiger charge is -2.18. The predicted molar refractivity (Wildman–Crippen MR) is 74.1 cm³/mol. The van der Waals surface area contributed by atoms with E-state index in [1.165, 1.54) is 7.05 Å². The fraction of sp³-hybridized carbons (Fsp3) is 0.333. The Hall–Kier alpha value is -1.25. The lowest BCUT2D eigenvalue weighted by Crippen LogP contribution is -2.29. The van der Waals surface area contributed by atoms with Crippen LogP contribution in [0.3, 0.4) is 0 Å². The quantitative estimate of drug-likeness (QED) is 0.607. The summed E-state index contributed by atoms with van der Waals surface area (Å²) in [6.45, 7) is 5.24. The van der Waals surface area contributed by atoms with E-state index in [0.29, 0.717) is 5.57 Å². The Labute approximate surface area is 118 Å². The number of hydrogen-bond donors (Lipinski definition) is 0. The van der Waals surface area contributed by atoms with Crippen molar-refractivity contribution in [3.8, 4) is 0 Å². The van der Waals surface area contributed by atoms with Gasteiger partial charge in [0.1, 0.15) is 10.7 Å². The minimum atomic E-state index is -4.11. The van der Waals surface area contributed by atoms with Crippen LogP contribution in [0.4, 0.5) is 4.39 Å². The van der Waals surface area contributed by atoms with Gasteiger partial charge in [-0.2, -0.15) is 4.31 Å². The highest BCUT2D eigenvalue weighted by atomic mass is 32.2. The van der Waals surface area contributed by atoms with Gasteiger partial charge in [0.2, 0.25) is 10.0 Å². The molecular formula is C12H16FNO4S2. The third-order valence-electron chi connectivity index (χ3n) is 2.51. The second-order valence-corrected chi connectivity index (χ2v) is 8.61. The van der Waals surface area contributed by atoms with Crippen molar-refractivity contribution >= 4 is 19.9 Å². The van der Waals surface area contributed by atoms with E-state index < -0.39 is 30.6 Å². The molecule has 0 N–H and O–H groups in total. The molecule has 0 aliphatic rings. The van der Waals surface area contributed by atoms with E-state index in [-0.39, 0.29) is 11.4 Å². The van der Waals surface area contributed by atoms with Gasteiger partial charge < -0.3 is 0 Å². The predicted octanol–water partition coefficient (Wildman–Crippen LogP) is 1.43. The molecule has 1 rings (SSSR count).